The summed E-state index contributed by atoms with van der Waals surface area (Å²) in [7, 11) is 0. The fraction of sp³-hybridized carbons (Fsp3) is 0.320. The first-order chi connectivity index (χ1) is 15.7. The third kappa shape index (κ3) is 3.82. The highest BCUT2D eigenvalue weighted by Gasteiger charge is 2.35. The summed E-state index contributed by atoms with van der Waals surface area (Å²) in [6, 6.07) is 18.4. The van der Waals surface area contributed by atoms with E-state index in [0.29, 0.717) is 24.1 Å². The van der Waals surface area contributed by atoms with Crippen LogP contribution in [0.3, 0.4) is 0 Å². The first kappa shape index (κ1) is 19.6. The van der Waals surface area contributed by atoms with Crippen molar-refractivity contribution in [3.05, 3.63) is 70.9 Å². The molecular weight excluding hydrogens is 420 g/mol. The van der Waals surface area contributed by atoms with Gasteiger partial charge in [0.2, 0.25) is 11.7 Å². The summed E-state index contributed by atoms with van der Waals surface area (Å²) in [5.41, 5.74) is 2.03. The van der Waals surface area contributed by atoms with Gasteiger partial charge >= 0.3 is 0 Å². The van der Waals surface area contributed by atoms with Gasteiger partial charge in [-0.25, -0.2) is 0 Å². The number of amides is 1. The molecule has 6 nitrogen and oxygen atoms in total. The minimum absolute atomic E-state index is 0.0382. The third-order valence-electron chi connectivity index (χ3n) is 6.64. The van der Waals surface area contributed by atoms with Gasteiger partial charge in [-0.1, -0.05) is 47.6 Å². The zero-order valence-electron chi connectivity index (χ0n) is 17.7. The van der Waals surface area contributed by atoms with Crippen LogP contribution in [0.25, 0.3) is 21.5 Å². The molecule has 5 heterocycles. The lowest BCUT2D eigenvalue weighted by Crippen LogP contribution is -2.57. The second-order valence-corrected chi connectivity index (χ2v) is 9.84. The lowest BCUT2D eigenvalue weighted by Gasteiger charge is -2.44. The van der Waals surface area contributed by atoms with Crippen LogP contribution in [0.15, 0.2) is 59.1 Å². The fourth-order valence-electron chi connectivity index (χ4n) is 4.86. The molecule has 1 N–H and O–H groups in total. The van der Waals surface area contributed by atoms with Gasteiger partial charge in [-0.05, 0) is 54.9 Å². The number of benzene rings is 2. The second-order valence-electron chi connectivity index (χ2n) is 8.76. The minimum Gasteiger partial charge on any atom is -0.347 e. The molecule has 2 bridgehead atoms. The van der Waals surface area contributed by atoms with E-state index in [4.69, 9.17) is 4.52 Å². The quantitative estimate of drug-likeness (QED) is 0.495. The van der Waals surface area contributed by atoms with Gasteiger partial charge in [0.15, 0.2) is 0 Å². The monoisotopic (exact) mass is 444 g/mol. The number of piperidine rings is 3. The van der Waals surface area contributed by atoms with Crippen LogP contribution in [-0.4, -0.2) is 46.6 Å². The Morgan fingerprint density at radius 3 is 2.75 bits per heavy atom. The van der Waals surface area contributed by atoms with Crippen molar-refractivity contribution in [3.63, 3.8) is 0 Å². The van der Waals surface area contributed by atoms with Crippen molar-refractivity contribution in [2.45, 2.75) is 25.3 Å². The summed E-state index contributed by atoms with van der Waals surface area (Å²) in [6.45, 7) is 3.33. The van der Waals surface area contributed by atoms with Crippen molar-refractivity contribution in [2.75, 3.05) is 19.6 Å². The molecule has 1 unspecified atom stereocenters. The Morgan fingerprint density at radius 1 is 1.12 bits per heavy atom. The molecule has 0 aliphatic carbocycles. The highest BCUT2D eigenvalue weighted by atomic mass is 32.1. The number of rotatable bonds is 5. The number of hydrogen-bond donors (Lipinski definition) is 1. The maximum absolute atomic E-state index is 12.9. The summed E-state index contributed by atoms with van der Waals surface area (Å²) in [5, 5.41) is 8.52. The number of nitrogens with one attached hydrogen (secondary N) is 1. The normalized spacial score (nSPS) is 22.3. The van der Waals surface area contributed by atoms with Crippen molar-refractivity contribution in [3.8, 4) is 11.4 Å². The Kier molecular flexibility index (Phi) is 5.00. The number of carbonyl (C=O) groups is 1. The Labute approximate surface area is 190 Å². The molecule has 0 saturated carbocycles. The average molecular weight is 445 g/mol. The van der Waals surface area contributed by atoms with Gasteiger partial charge < -0.3 is 14.7 Å². The Bertz CT molecular complexity index is 1260. The molecule has 3 aliphatic rings. The largest absolute Gasteiger partial charge is 0.347 e. The predicted molar refractivity (Wildman–Crippen MR) is 125 cm³/mol. The van der Waals surface area contributed by atoms with Crippen LogP contribution in [-0.2, 0) is 6.42 Å². The maximum Gasteiger partial charge on any atom is 0.261 e. The van der Waals surface area contributed by atoms with Crippen molar-refractivity contribution < 1.29 is 9.32 Å². The highest BCUT2D eigenvalue weighted by Crippen LogP contribution is 2.31. The predicted octanol–water partition coefficient (Wildman–Crippen LogP) is 4.37. The van der Waals surface area contributed by atoms with E-state index < -0.39 is 0 Å². The summed E-state index contributed by atoms with van der Waals surface area (Å²) in [5.74, 6) is 1.82. The Morgan fingerprint density at radius 2 is 1.97 bits per heavy atom. The Hall–Kier alpha value is -3.03. The molecule has 4 aromatic rings. The summed E-state index contributed by atoms with van der Waals surface area (Å²) < 4.78 is 6.51. The summed E-state index contributed by atoms with van der Waals surface area (Å²) >= 11 is 1.52. The topological polar surface area (TPSA) is 71.3 Å². The van der Waals surface area contributed by atoms with Gasteiger partial charge in [-0.15, -0.1) is 11.3 Å². The van der Waals surface area contributed by atoms with Gasteiger partial charge in [0, 0.05) is 22.8 Å². The van der Waals surface area contributed by atoms with E-state index in [2.05, 4.69) is 20.4 Å². The van der Waals surface area contributed by atoms with E-state index in [1.54, 1.807) is 0 Å². The maximum atomic E-state index is 12.9. The van der Waals surface area contributed by atoms with Crippen molar-refractivity contribution in [2.24, 2.45) is 5.92 Å². The van der Waals surface area contributed by atoms with Crippen molar-refractivity contribution >= 4 is 27.3 Å². The van der Waals surface area contributed by atoms with Crippen molar-refractivity contribution in [1.82, 2.24) is 20.4 Å². The zero-order chi connectivity index (χ0) is 21.5. The summed E-state index contributed by atoms with van der Waals surface area (Å²) in [6.07, 6.45) is 2.99. The van der Waals surface area contributed by atoms with Gasteiger partial charge in [0.1, 0.15) is 0 Å². The van der Waals surface area contributed by atoms with Gasteiger partial charge in [0.05, 0.1) is 11.3 Å². The van der Waals surface area contributed by atoms with Crippen LogP contribution < -0.4 is 5.32 Å². The van der Waals surface area contributed by atoms with Crippen LogP contribution in [0, 0.1) is 5.92 Å². The number of carbonyl (C=O) groups excluding carboxylic acids is 1. The van der Waals surface area contributed by atoms with Crippen molar-refractivity contribution in [1.29, 1.82) is 0 Å². The first-order valence-electron chi connectivity index (χ1n) is 11.1. The molecule has 3 saturated heterocycles. The smallest absolute Gasteiger partial charge is 0.261 e. The fourth-order valence-corrected chi connectivity index (χ4v) is 5.87. The number of thiophene rings is 1. The van der Waals surface area contributed by atoms with Crippen LogP contribution in [0.1, 0.15) is 34.0 Å². The molecular formula is C25H24N4O2S. The molecule has 32 heavy (non-hydrogen) atoms. The molecule has 162 valence electrons. The molecule has 0 spiro atoms. The highest BCUT2D eigenvalue weighted by molar-refractivity contribution is 7.20. The average Bonchev–Trinajstić information content (AvgIpc) is 3.47. The Balaban J connectivity index is 1.19. The van der Waals surface area contributed by atoms with Crippen LogP contribution >= 0.6 is 11.3 Å². The number of nitrogens with zero attached hydrogens (tertiary/aromatic N) is 3. The molecule has 3 fully saturated rings. The molecule has 2 aromatic heterocycles. The second kappa shape index (κ2) is 8.15. The van der Waals surface area contributed by atoms with Crippen LogP contribution in [0.2, 0.25) is 0 Å². The summed E-state index contributed by atoms with van der Waals surface area (Å²) in [4.78, 5) is 20.7. The van der Waals surface area contributed by atoms with E-state index in [-0.39, 0.29) is 11.9 Å². The van der Waals surface area contributed by atoms with E-state index in [1.807, 2.05) is 54.6 Å². The van der Waals surface area contributed by atoms with E-state index in [1.165, 1.54) is 37.3 Å². The van der Waals surface area contributed by atoms with Gasteiger partial charge in [-0.2, -0.15) is 4.98 Å². The van der Waals surface area contributed by atoms with Crippen LogP contribution in [0.5, 0.6) is 0 Å². The lowest BCUT2D eigenvalue weighted by molar-refractivity contribution is 0.0622. The molecule has 1 amide bonds. The molecule has 7 heteroatoms. The molecule has 1 atom stereocenters. The number of aromatic nitrogens is 2. The molecule has 7 rings (SSSR count). The SMILES string of the molecule is O=C(NC1CN2CCC1CC2)c1cc2ccc(-c3noc(Cc4ccccc4)n3)cc2s1. The first-order valence-corrected chi connectivity index (χ1v) is 12.0. The van der Waals surface area contributed by atoms with Crippen LogP contribution in [0.4, 0.5) is 0 Å². The minimum atomic E-state index is 0.0382. The van der Waals surface area contributed by atoms with E-state index in [9.17, 15) is 4.79 Å². The van der Waals surface area contributed by atoms with Gasteiger partial charge in [0.25, 0.3) is 5.91 Å². The number of fused-ring (bicyclic) bond motifs is 4. The number of hydrogen-bond acceptors (Lipinski definition) is 6. The molecule has 0 radical (unpaired) electrons. The third-order valence-corrected chi connectivity index (χ3v) is 7.74. The molecule has 2 aromatic carbocycles. The van der Waals surface area contributed by atoms with E-state index >= 15 is 0 Å². The lowest BCUT2D eigenvalue weighted by atomic mass is 9.84. The standard InChI is InChI=1S/C25H24N4O2S/c30-25(26-20-15-29-10-8-17(20)9-11-29)22-13-18-6-7-19(14-21(18)32-22)24-27-23(31-28-24)12-16-4-2-1-3-5-16/h1-7,13-14,17,20H,8-12,15H2,(H,26,30). The molecule has 3 aliphatic heterocycles. The zero-order valence-corrected chi connectivity index (χ0v) is 18.5. The van der Waals surface area contributed by atoms with E-state index in [0.717, 1.165) is 32.6 Å². The van der Waals surface area contributed by atoms with Gasteiger partial charge in [-0.3, -0.25) is 4.79 Å².